The molecule has 0 saturated carbocycles. The van der Waals surface area contributed by atoms with Gasteiger partial charge >= 0.3 is 0 Å². The van der Waals surface area contributed by atoms with Gasteiger partial charge in [-0.05, 0) is 55.1 Å². The van der Waals surface area contributed by atoms with Gasteiger partial charge in [-0.15, -0.1) is 0 Å². The summed E-state index contributed by atoms with van der Waals surface area (Å²) in [6.07, 6.45) is 0.381. The molecular formula is C21H27NO3. The molecule has 0 unspecified atom stereocenters. The highest BCUT2D eigenvalue weighted by molar-refractivity contribution is 5.97. The Morgan fingerprint density at radius 3 is 2.08 bits per heavy atom. The van der Waals surface area contributed by atoms with Gasteiger partial charge in [-0.3, -0.25) is 4.79 Å². The van der Waals surface area contributed by atoms with Crippen LogP contribution in [0, 0.1) is 0 Å². The molecule has 25 heavy (non-hydrogen) atoms. The zero-order valence-corrected chi connectivity index (χ0v) is 15.3. The molecule has 0 N–H and O–H groups in total. The maximum atomic E-state index is 12.4. The van der Waals surface area contributed by atoms with E-state index in [1.54, 1.807) is 7.11 Å². The lowest BCUT2D eigenvalue weighted by Crippen LogP contribution is -2.27. The van der Waals surface area contributed by atoms with E-state index in [1.165, 1.54) is 0 Å². The molecule has 2 aromatic carbocycles. The van der Waals surface area contributed by atoms with Gasteiger partial charge in [-0.2, -0.15) is 0 Å². The first-order valence-electron chi connectivity index (χ1n) is 8.77. The monoisotopic (exact) mass is 341 g/mol. The molecule has 2 rings (SSSR count). The van der Waals surface area contributed by atoms with E-state index in [0.717, 1.165) is 36.7 Å². The van der Waals surface area contributed by atoms with Gasteiger partial charge in [0.05, 0.1) is 7.11 Å². The Labute approximate surface area is 150 Å². The number of hydrogen-bond donors (Lipinski definition) is 0. The van der Waals surface area contributed by atoms with Crippen LogP contribution in [0.1, 0.15) is 29.8 Å². The molecule has 0 heterocycles. The van der Waals surface area contributed by atoms with Crippen LogP contribution in [0.2, 0.25) is 0 Å². The van der Waals surface area contributed by atoms with Gasteiger partial charge in [0.1, 0.15) is 18.1 Å². The van der Waals surface area contributed by atoms with Crippen molar-refractivity contribution in [1.29, 1.82) is 0 Å². The number of hydrogen-bond acceptors (Lipinski definition) is 4. The van der Waals surface area contributed by atoms with Gasteiger partial charge in [0.15, 0.2) is 5.78 Å². The molecule has 0 aliphatic rings. The summed E-state index contributed by atoms with van der Waals surface area (Å²) in [5.41, 5.74) is 1.68. The number of ketones is 1. The van der Waals surface area contributed by atoms with Gasteiger partial charge in [-0.1, -0.05) is 26.0 Å². The van der Waals surface area contributed by atoms with E-state index in [2.05, 4.69) is 18.7 Å². The summed E-state index contributed by atoms with van der Waals surface area (Å²) in [4.78, 5) is 14.7. The minimum Gasteiger partial charge on any atom is -0.497 e. The van der Waals surface area contributed by atoms with Gasteiger partial charge in [0.2, 0.25) is 0 Å². The van der Waals surface area contributed by atoms with Crippen LogP contribution in [0.4, 0.5) is 0 Å². The van der Waals surface area contributed by atoms with E-state index < -0.39 is 0 Å². The molecule has 0 aliphatic heterocycles. The Morgan fingerprint density at radius 1 is 0.920 bits per heavy atom. The standard InChI is InChI=1S/C21H27NO3/c1-4-22(5-2)14-15-25-20-12-8-18(9-13-20)21(23)16-17-6-10-19(24-3)11-7-17/h6-13H,4-5,14-16H2,1-3H3. The average molecular weight is 341 g/mol. The van der Waals surface area contributed by atoms with Crippen LogP contribution in [-0.2, 0) is 6.42 Å². The maximum Gasteiger partial charge on any atom is 0.167 e. The zero-order valence-electron chi connectivity index (χ0n) is 15.3. The zero-order chi connectivity index (χ0) is 18.1. The number of carbonyl (C=O) groups excluding carboxylic acids is 1. The first-order valence-corrected chi connectivity index (χ1v) is 8.77. The van der Waals surface area contributed by atoms with E-state index >= 15 is 0 Å². The molecule has 4 nitrogen and oxygen atoms in total. The van der Waals surface area contributed by atoms with Gasteiger partial charge in [0.25, 0.3) is 0 Å². The smallest absolute Gasteiger partial charge is 0.167 e. The third kappa shape index (κ3) is 5.91. The second-order valence-electron chi connectivity index (χ2n) is 5.85. The van der Waals surface area contributed by atoms with Crippen LogP contribution in [-0.4, -0.2) is 44.0 Å². The number of Topliss-reactive ketones (excluding diaryl/α,β-unsaturated/α-hetero) is 1. The topological polar surface area (TPSA) is 38.8 Å². The number of nitrogens with zero attached hydrogens (tertiary/aromatic N) is 1. The molecule has 0 atom stereocenters. The molecule has 0 bridgehead atoms. The fourth-order valence-electron chi connectivity index (χ4n) is 2.60. The molecule has 0 spiro atoms. The van der Waals surface area contributed by atoms with E-state index in [-0.39, 0.29) is 5.78 Å². The SMILES string of the molecule is CCN(CC)CCOc1ccc(C(=O)Cc2ccc(OC)cc2)cc1. The highest BCUT2D eigenvalue weighted by Crippen LogP contribution is 2.16. The molecule has 0 aliphatic carbocycles. The lowest BCUT2D eigenvalue weighted by atomic mass is 10.0. The number of methoxy groups -OCH3 is 1. The Hall–Kier alpha value is -2.33. The quantitative estimate of drug-likeness (QED) is 0.616. The first-order chi connectivity index (χ1) is 12.2. The predicted molar refractivity (Wildman–Crippen MR) is 101 cm³/mol. The summed E-state index contributed by atoms with van der Waals surface area (Å²) in [7, 11) is 1.63. The van der Waals surface area contributed by atoms with Crippen LogP contribution >= 0.6 is 0 Å². The Kier molecular flexibility index (Phi) is 7.48. The summed E-state index contributed by atoms with van der Waals surface area (Å²) in [6, 6.07) is 15.0. The molecule has 0 aromatic heterocycles. The third-order valence-corrected chi connectivity index (χ3v) is 4.27. The molecule has 0 fully saturated rings. The minimum atomic E-state index is 0.0971. The highest BCUT2D eigenvalue weighted by Gasteiger charge is 2.08. The number of likely N-dealkylation sites (N-methyl/N-ethyl adjacent to an activating group) is 1. The predicted octanol–water partition coefficient (Wildman–Crippen LogP) is 3.84. The van der Waals surface area contributed by atoms with Crippen LogP contribution in [0.15, 0.2) is 48.5 Å². The molecule has 134 valence electrons. The van der Waals surface area contributed by atoms with Gasteiger partial charge in [-0.25, -0.2) is 0 Å². The fourth-order valence-corrected chi connectivity index (χ4v) is 2.60. The van der Waals surface area contributed by atoms with Crippen molar-refractivity contribution in [3.63, 3.8) is 0 Å². The third-order valence-electron chi connectivity index (χ3n) is 4.27. The number of benzene rings is 2. The number of ether oxygens (including phenoxy) is 2. The van der Waals surface area contributed by atoms with Crippen molar-refractivity contribution in [3.05, 3.63) is 59.7 Å². The van der Waals surface area contributed by atoms with E-state index in [0.29, 0.717) is 18.6 Å². The Balaban J connectivity index is 1.86. The van der Waals surface area contributed by atoms with E-state index in [4.69, 9.17) is 9.47 Å². The maximum absolute atomic E-state index is 12.4. The van der Waals surface area contributed by atoms with Crippen molar-refractivity contribution in [2.24, 2.45) is 0 Å². The second kappa shape index (κ2) is 9.84. The lowest BCUT2D eigenvalue weighted by Gasteiger charge is -2.18. The van der Waals surface area contributed by atoms with Gasteiger partial charge in [0, 0.05) is 18.5 Å². The van der Waals surface area contributed by atoms with Crippen LogP contribution in [0.25, 0.3) is 0 Å². The van der Waals surface area contributed by atoms with Crippen molar-refractivity contribution >= 4 is 5.78 Å². The molecular weight excluding hydrogens is 314 g/mol. The molecule has 4 heteroatoms. The van der Waals surface area contributed by atoms with Crippen LogP contribution in [0.3, 0.4) is 0 Å². The first kappa shape index (κ1) is 19.0. The van der Waals surface area contributed by atoms with Crippen molar-refractivity contribution < 1.29 is 14.3 Å². The summed E-state index contributed by atoms with van der Waals surface area (Å²) >= 11 is 0. The number of carbonyl (C=O) groups is 1. The van der Waals surface area contributed by atoms with E-state index in [1.807, 2.05) is 48.5 Å². The summed E-state index contributed by atoms with van der Waals surface area (Å²) in [5.74, 6) is 1.69. The molecule has 2 aromatic rings. The molecule has 0 amide bonds. The normalized spacial score (nSPS) is 10.7. The van der Waals surface area contributed by atoms with E-state index in [9.17, 15) is 4.79 Å². The average Bonchev–Trinajstić information content (AvgIpc) is 2.66. The summed E-state index contributed by atoms with van der Waals surface area (Å²) in [6.45, 7) is 7.91. The highest BCUT2D eigenvalue weighted by atomic mass is 16.5. The van der Waals surface area contributed by atoms with Crippen molar-refractivity contribution in [2.45, 2.75) is 20.3 Å². The summed E-state index contributed by atoms with van der Waals surface area (Å²) < 4.78 is 10.9. The summed E-state index contributed by atoms with van der Waals surface area (Å²) in [5, 5.41) is 0. The number of rotatable bonds is 10. The van der Waals surface area contributed by atoms with Crippen molar-refractivity contribution in [2.75, 3.05) is 33.4 Å². The Bertz CT molecular complexity index is 646. The van der Waals surface area contributed by atoms with Crippen molar-refractivity contribution in [1.82, 2.24) is 4.90 Å². The molecule has 0 saturated heterocycles. The molecule has 0 radical (unpaired) electrons. The lowest BCUT2D eigenvalue weighted by molar-refractivity contribution is 0.0993. The van der Waals surface area contributed by atoms with Crippen LogP contribution in [0.5, 0.6) is 11.5 Å². The second-order valence-corrected chi connectivity index (χ2v) is 5.85. The van der Waals surface area contributed by atoms with Crippen LogP contribution < -0.4 is 9.47 Å². The largest absolute Gasteiger partial charge is 0.497 e. The fraction of sp³-hybridized carbons (Fsp3) is 0.381. The van der Waals surface area contributed by atoms with Gasteiger partial charge < -0.3 is 14.4 Å². The van der Waals surface area contributed by atoms with Crippen molar-refractivity contribution in [3.8, 4) is 11.5 Å². The minimum absolute atomic E-state index is 0.0971. The Morgan fingerprint density at radius 2 is 1.52 bits per heavy atom.